The number of halogens is 1. The molecule has 0 amide bonds. The average Bonchev–Trinajstić information content (AvgIpc) is 3.39. The molecule has 3 rings (SSSR count). The number of nitrogens with one attached hydrogen (secondary N) is 1. The van der Waals surface area contributed by atoms with Crippen LogP contribution in [0.25, 0.3) is 0 Å². The summed E-state index contributed by atoms with van der Waals surface area (Å²) in [6.07, 6.45) is 3.89. The molecule has 1 aliphatic carbocycles. The zero-order valence-corrected chi connectivity index (χ0v) is 14.9. The number of hydrogen-bond acceptors (Lipinski definition) is 5. The Labute approximate surface area is 146 Å². The van der Waals surface area contributed by atoms with Gasteiger partial charge in [0, 0.05) is 25.2 Å². The first-order chi connectivity index (χ1) is 11.8. The van der Waals surface area contributed by atoms with Crippen LogP contribution in [-0.4, -0.2) is 43.3 Å². The fraction of sp³-hybridized carbons (Fsp3) is 0.625. The number of rotatable bonds is 6. The summed E-state index contributed by atoms with van der Waals surface area (Å²) >= 11 is 0. The summed E-state index contributed by atoms with van der Waals surface area (Å²) in [6, 6.07) is 2.11. The highest BCUT2D eigenvalue weighted by Gasteiger charge is 2.32. The highest BCUT2D eigenvalue weighted by molar-refractivity contribution is 7.89. The highest BCUT2D eigenvalue weighted by Crippen LogP contribution is 2.30. The maximum atomic E-state index is 13.9. The summed E-state index contributed by atoms with van der Waals surface area (Å²) < 4.78 is 40.7. The molecule has 2 fully saturated rings. The van der Waals surface area contributed by atoms with Crippen molar-refractivity contribution in [3.63, 3.8) is 0 Å². The molecule has 1 aromatic rings. The second-order valence-electron chi connectivity index (χ2n) is 6.84. The van der Waals surface area contributed by atoms with E-state index in [0.717, 1.165) is 24.6 Å². The third-order valence-electron chi connectivity index (χ3n) is 4.97. The number of nitro groups is 1. The Hall–Kier alpha value is -1.58. The van der Waals surface area contributed by atoms with Crippen LogP contribution in [0, 0.1) is 28.8 Å². The summed E-state index contributed by atoms with van der Waals surface area (Å²) in [5, 5.41) is 14.5. The van der Waals surface area contributed by atoms with E-state index in [9.17, 15) is 22.9 Å². The maximum Gasteiger partial charge on any atom is 0.276 e. The van der Waals surface area contributed by atoms with E-state index < -0.39 is 26.5 Å². The van der Waals surface area contributed by atoms with E-state index in [1.165, 1.54) is 24.1 Å². The van der Waals surface area contributed by atoms with E-state index in [1.807, 2.05) is 0 Å². The molecule has 138 valence electrons. The van der Waals surface area contributed by atoms with Gasteiger partial charge in [-0.1, -0.05) is 0 Å². The van der Waals surface area contributed by atoms with Crippen molar-refractivity contribution in [3.8, 4) is 0 Å². The predicted octanol–water partition coefficient (Wildman–Crippen LogP) is 2.20. The Balaban J connectivity index is 1.72. The molecular formula is C16H22FN3O4S. The number of nitrogens with zero attached hydrogens (tertiary/aromatic N) is 2. The smallest absolute Gasteiger partial charge is 0.276 e. The molecule has 0 aromatic heterocycles. The SMILES string of the molecule is Cc1c(F)cc(S(=O)(=O)N2CCC(NCC3CC3)CC2)cc1[N+](=O)[O-]. The van der Waals surface area contributed by atoms with Crippen LogP contribution in [0.1, 0.15) is 31.2 Å². The average molecular weight is 371 g/mol. The zero-order chi connectivity index (χ0) is 18.2. The van der Waals surface area contributed by atoms with Crippen molar-refractivity contribution in [1.82, 2.24) is 9.62 Å². The molecule has 0 bridgehead atoms. The molecule has 1 aromatic carbocycles. The second kappa shape index (κ2) is 6.97. The molecular weight excluding hydrogens is 349 g/mol. The van der Waals surface area contributed by atoms with Crippen LogP contribution < -0.4 is 5.32 Å². The van der Waals surface area contributed by atoms with Gasteiger partial charge in [0.15, 0.2) is 0 Å². The predicted molar refractivity (Wildman–Crippen MR) is 90.3 cm³/mol. The van der Waals surface area contributed by atoms with E-state index in [4.69, 9.17) is 0 Å². The molecule has 1 aliphatic heterocycles. The standard InChI is InChI=1S/C16H22FN3O4S/c1-11-15(17)8-14(9-16(11)20(21)22)25(23,24)19-6-4-13(5-7-19)18-10-12-2-3-12/h8-9,12-13,18H,2-7,10H2,1H3. The lowest BCUT2D eigenvalue weighted by molar-refractivity contribution is -0.385. The van der Waals surface area contributed by atoms with E-state index in [2.05, 4.69) is 5.32 Å². The van der Waals surface area contributed by atoms with Crippen molar-refractivity contribution in [3.05, 3.63) is 33.6 Å². The van der Waals surface area contributed by atoms with Crippen molar-refractivity contribution in [1.29, 1.82) is 0 Å². The quantitative estimate of drug-likeness (QED) is 0.611. The normalized spacial score (nSPS) is 19.9. The molecule has 1 heterocycles. The molecule has 7 nitrogen and oxygen atoms in total. The zero-order valence-electron chi connectivity index (χ0n) is 14.1. The molecule has 0 radical (unpaired) electrons. The molecule has 1 saturated heterocycles. The van der Waals surface area contributed by atoms with Crippen LogP contribution in [0.3, 0.4) is 0 Å². The molecule has 0 unspecified atom stereocenters. The van der Waals surface area contributed by atoms with E-state index in [-0.39, 0.29) is 16.5 Å². The maximum absolute atomic E-state index is 13.9. The third-order valence-corrected chi connectivity index (χ3v) is 6.85. The van der Waals surface area contributed by atoms with Gasteiger partial charge in [0.25, 0.3) is 5.69 Å². The van der Waals surface area contributed by atoms with Crippen LogP contribution in [-0.2, 0) is 10.0 Å². The first kappa shape index (κ1) is 18.2. The van der Waals surface area contributed by atoms with Crippen molar-refractivity contribution < 1.29 is 17.7 Å². The Kier molecular flexibility index (Phi) is 5.08. The minimum Gasteiger partial charge on any atom is -0.314 e. The monoisotopic (exact) mass is 371 g/mol. The number of nitro benzene ring substituents is 1. The van der Waals surface area contributed by atoms with Gasteiger partial charge in [-0.25, -0.2) is 12.8 Å². The molecule has 0 atom stereocenters. The molecule has 0 spiro atoms. The van der Waals surface area contributed by atoms with Gasteiger partial charge in [-0.3, -0.25) is 10.1 Å². The van der Waals surface area contributed by atoms with Crippen LogP contribution in [0.2, 0.25) is 0 Å². The van der Waals surface area contributed by atoms with Crippen LogP contribution in [0.5, 0.6) is 0 Å². The molecule has 1 N–H and O–H groups in total. The van der Waals surface area contributed by atoms with Crippen molar-refractivity contribution >= 4 is 15.7 Å². The molecule has 9 heteroatoms. The van der Waals surface area contributed by atoms with Gasteiger partial charge in [-0.2, -0.15) is 4.31 Å². The molecule has 1 saturated carbocycles. The number of hydrogen-bond donors (Lipinski definition) is 1. The highest BCUT2D eigenvalue weighted by atomic mass is 32.2. The number of sulfonamides is 1. The van der Waals surface area contributed by atoms with Gasteiger partial charge in [0.05, 0.1) is 15.4 Å². The molecule has 25 heavy (non-hydrogen) atoms. The van der Waals surface area contributed by atoms with Gasteiger partial charge in [0.2, 0.25) is 10.0 Å². The van der Waals surface area contributed by atoms with Gasteiger partial charge in [-0.05, 0) is 51.1 Å². The lowest BCUT2D eigenvalue weighted by Gasteiger charge is -2.31. The van der Waals surface area contributed by atoms with E-state index >= 15 is 0 Å². The summed E-state index contributed by atoms with van der Waals surface area (Å²) in [7, 11) is -3.94. The minimum absolute atomic E-state index is 0.160. The minimum atomic E-state index is -3.94. The largest absolute Gasteiger partial charge is 0.314 e. The van der Waals surface area contributed by atoms with Gasteiger partial charge in [-0.15, -0.1) is 0 Å². The van der Waals surface area contributed by atoms with E-state index in [0.29, 0.717) is 25.9 Å². The summed E-state index contributed by atoms with van der Waals surface area (Å²) in [5.41, 5.74) is -0.675. The van der Waals surface area contributed by atoms with Crippen molar-refractivity contribution in [2.75, 3.05) is 19.6 Å². The lowest BCUT2D eigenvalue weighted by Crippen LogP contribution is -2.45. The first-order valence-corrected chi connectivity index (χ1v) is 9.91. The fourth-order valence-electron chi connectivity index (χ4n) is 3.08. The summed E-state index contributed by atoms with van der Waals surface area (Å²) in [6.45, 7) is 2.90. The first-order valence-electron chi connectivity index (χ1n) is 8.47. The van der Waals surface area contributed by atoms with Gasteiger partial charge >= 0.3 is 0 Å². The Morgan fingerprint density at radius 1 is 1.28 bits per heavy atom. The number of benzene rings is 1. The Morgan fingerprint density at radius 2 is 1.92 bits per heavy atom. The number of piperidine rings is 1. The third kappa shape index (κ3) is 3.99. The Bertz CT molecular complexity index is 772. The van der Waals surface area contributed by atoms with Crippen LogP contribution in [0.15, 0.2) is 17.0 Å². The van der Waals surface area contributed by atoms with Crippen LogP contribution >= 0.6 is 0 Å². The fourth-order valence-corrected chi connectivity index (χ4v) is 4.59. The second-order valence-corrected chi connectivity index (χ2v) is 8.77. The van der Waals surface area contributed by atoms with Crippen LogP contribution in [0.4, 0.5) is 10.1 Å². The summed E-state index contributed by atoms with van der Waals surface area (Å²) in [5.74, 6) is -0.119. The lowest BCUT2D eigenvalue weighted by atomic mass is 10.1. The molecule has 2 aliphatic rings. The topological polar surface area (TPSA) is 92.6 Å². The summed E-state index contributed by atoms with van der Waals surface area (Å²) in [4.78, 5) is 9.91. The van der Waals surface area contributed by atoms with Crippen molar-refractivity contribution in [2.24, 2.45) is 5.92 Å². The van der Waals surface area contributed by atoms with Gasteiger partial charge in [0.1, 0.15) is 5.82 Å². The van der Waals surface area contributed by atoms with Gasteiger partial charge < -0.3 is 5.32 Å². The van der Waals surface area contributed by atoms with Crippen molar-refractivity contribution in [2.45, 2.75) is 43.5 Å². The Morgan fingerprint density at radius 3 is 2.48 bits per heavy atom. The van der Waals surface area contributed by atoms with E-state index in [1.54, 1.807) is 0 Å².